The zero-order chi connectivity index (χ0) is 10.6. The summed E-state index contributed by atoms with van der Waals surface area (Å²) >= 11 is 1.56. The number of rotatable bonds is 4. The van der Waals surface area contributed by atoms with E-state index in [0.29, 0.717) is 5.75 Å². The molecule has 0 amide bonds. The third kappa shape index (κ3) is 2.51. The molecule has 0 spiro atoms. The molecule has 3 heteroatoms. The smallest absolute Gasteiger partial charge is 0.130 e. The van der Waals surface area contributed by atoms with E-state index in [2.05, 4.69) is 6.07 Å². The molecule has 1 aromatic carbocycles. The minimum atomic E-state index is 0.507. The lowest BCUT2D eigenvalue weighted by Crippen LogP contribution is -1.91. The standard InChI is InChI=1S/C11H14O2S/c1-8-7-11(14-5-4-12)9(2)6-10(8)13-3/h4,6-7H,5H2,1-3H3. The molecular weight excluding hydrogens is 196 g/mol. The van der Waals surface area contributed by atoms with Crippen molar-refractivity contribution in [2.75, 3.05) is 12.9 Å². The molecule has 0 saturated carbocycles. The molecule has 0 unspecified atom stereocenters. The predicted octanol–water partition coefficient (Wildman–Crippen LogP) is 2.60. The van der Waals surface area contributed by atoms with Gasteiger partial charge < -0.3 is 9.53 Å². The summed E-state index contributed by atoms with van der Waals surface area (Å²) in [6.07, 6.45) is 0.920. The van der Waals surface area contributed by atoms with Gasteiger partial charge in [-0.2, -0.15) is 0 Å². The van der Waals surface area contributed by atoms with E-state index < -0.39 is 0 Å². The van der Waals surface area contributed by atoms with Gasteiger partial charge in [-0.05, 0) is 37.1 Å². The molecule has 0 atom stereocenters. The van der Waals surface area contributed by atoms with Crippen LogP contribution in [0, 0.1) is 13.8 Å². The van der Waals surface area contributed by atoms with Crippen molar-refractivity contribution in [3.63, 3.8) is 0 Å². The zero-order valence-electron chi connectivity index (χ0n) is 8.66. The van der Waals surface area contributed by atoms with Crippen LogP contribution in [0.4, 0.5) is 0 Å². The lowest BCUT2D eigenvalue weighted by Gasteiger charge is -2.09. The number of aldehydes is 1. The number of thioether (sulfide) groups is 1. The molecule has 1 aromatic rings. The topological polar surface area (TPSA) is 26.3 Å². The van der Waals surface area contributed by atoms with Gasteiger partial charge in [0.2, 0.25) is 0 Å². The summed E-state index contributed by atoms with van der Waals surface area (Å²) in [6, 6.07) is 4.06. The van der Waals surface area contributed by atoms with Crippen molar-refractivity contribution in [1.82, 2.24) is 0 Å². The minimum Gasteiger partial charge on any atom is -0.496 e. The molecular formula is C11H14O2S. The fourth-order valence-electron chi connectivity index (χ4n) is 1.26. The van der Waals surface area contributed by atoms with E-state index in [0.717, 1.165) is 28.1 Å². The van der Waals surface area contributed by atoms with Crippen LogP contribution < -0.4 is 4.74 Å². The van der Waals surface area contributed by atoms with Crippen molar-refractivity contribution in [3.8, 4) is 5.75 Å². The molecule has 0 aromatic heterocycles. The van der Waals surface area contributed by atoms with Crippen molar-refractivity contribution in [1.29, 1.82) is 0 Å². The van der Waals surface area contributed by atoms with Crippen molar-refractivity contribution >= 4 is 18.0 Å². The minimum absolute atomic E-state index is 0.507. The Kier molecular flexibility index (Phi) is 4.01. The highest BCUT2D eigenvalue weighted by Crippen LogP contribution is 2.28. The van der Waals surface area contributed by atoms with E-state index >= 15 is 0 Å². The van der Waals surface area contributed by atoms with Gasteiger partial charge in [-0.15, -0.1) is 11.8 Å². The second-order valence-electron chi connectivity index (χ2n) is 3.06. The lowest BCUT2D eigenvalue weighted by molar-refractivity contribution is -0.105. The van der Waals surface area contributed by atoms with Crippen LogP contribution >= 0.6 is 11.8 Å². The number of hydrogen-bond acceptors (Lipinski definition) is 3. The van der Waals surface area contributed by atoms with Gasteiger partial charge in [0.1, 0.15) is 12.0 Å². The number of aryl methyl sites for hydroxylation is 2. The van der Waals surface area contributed by atoms with E-state index in [9.17, 15) is 4.79 Å². The molecule has 0 bridgehead atoms. The quantitative estimate of drug-likeness (QED) is 0.564. The average molecular weight is 210 g/mol. The summed E-state index contributed by atoms with van der Waals surface area (Å²) in [5.74, 6) is 1.41. The second kappa shape index (κ2) is 5.05. The first kappa shape index (κ1) is 11.1. The largest absolute Gasteiger partial charge is 0.496 e. The summed E-state index contributed by atoms with van der Waals surface area (Å²) < 4.78 is 5.21. The molecule has 0 saturated heterocycles. The van der Waals surface area contributed by atoms with E-state index in [-0.39, 0.29) is 0 Å². The molecule has 0 fully saturated rings. The molecule has 0 aliphatic rings. The van der Waals surface area contributed by atoms with Crippen molar-refractivity contribution in [2.24, 2.45) is 0 Å². The molecule has 0 heterocycles. The number of carbonyl (C=O) groups is 1. The van der Waals surface area contributed by atoms with Gasteiger partial charge in [-0.3, -0.25) is 0 Å². The van der Waals surface area contributed by atoms with Crippen LogP contribution in [-0.2, 0) is 4.79 Å². The maximum absolute atomic E-state index is 10.3. The highest BCUT2D eigenvalue weighted by atomic mass is 32.2. The van der Waals surface area contributed by atoms with Crippen LogP contribution in [0.5, 0.6) is 5.75 Å². The van der Waals surface area contributed by atoms with Crippen molar-refractivity contribution in [2.45, 2.75) is 18.7 Å². The van der Waals surface area contributed by atoms with Crippen LogP contribution in [0.1, 0.15) is 11.1 Å². The number of carbonyl (C=O) groups excluding carboxylic acids is 1. The average Bonchev–Trinajstić information content (AvgIpc) is 2.18. The zero-order valence-corrected chi connectivity index (χ0v) is 9.48. The molecule has 2 nitrogen and oxygen atoms in total. The number of benzene rings is 1. The van der Waals surface area contributed by atoms with Crippen LogP contribution in [0.2, 0.25) is 0 Å². The second-order valence-corrected chi connectivity index (χ2v) is 4.13. The highest BCUT2D eigenvalue weighted by Gasteiger charge is 2.04. The van der Waals surface area contributed by atoms with Gasteiger partial charge >= 0.3 is 0 Å². The lowest BCUT2D eigenvalue weighted by atomic mass is 10.1. The summed E-state index contributed by atoms with van der Waals surface area (Å²) in [5.41, 5.74) is 2.26. The van der Waals surface area contributed by atoms with Gasteiger partial charge in [0, 0.05) is 4.90 Å². The maximum atomic E-state index is 10.3. The van der Waals surface area contributed by atoms with Crippen LogP contribution in [0.15, 0.2) is 17.0 Å². The summed E-state index contributed by atoms with van der Waals surface area (Å²) in [6.45, 7) is 4.03. The van der Waals surface area contributed by atoms with Crippen molar-refractivity contribution < 1.29 is 9.53 Å². The summed E-state index contributed by atoms with van der Waals surface area (Å²) in [4.78, 5) is 11.4. The molecule has 76 valence electrons. The third-order valence-corrected chi connectivity index (χ3v) is 3.05. The Hall–Kier alpha value is -0.960. The fourth-order valence-corrected chi connectivity index (χ4v) is 2.06. The summed E-state index contributed by atoms with van der Waals surface area (Å²) in [5, 5.41) is 0. The predicted molar refractivity (Wildman–Crippen MR) is 59.3 cm³/mol. The van der Waals surface area contributed by atoms with Crippen LogP contribution in [-0.4, -0.2) is 19.1 Å². The first-order chi connectivity index (χ1) is 6.69. The van der Waals surface area contributed by atoms with Crippen LogP contribution in [0.25, 0.3) is 0 Å². The van der Waals surface area contributed by atoms with Crippen LogP contribution in [0.3, 0.4) is 0 Å². The third-order valence-electron chi connectivity index (χ3n) is 2.00. The molecule has 1 rings (SSSR count). The molecule has 0 N–H and O–H groups in total. The summed E-state index contributed by atoms with van der Waals surface area (Å²) in [7, 11) is 1.67. The maximum Gasteiger partial charge on any atom is 0.130 e. The van der Waals surface area contributed by atoms with Gasteiger partial charge in [0.15, 0.2) is 0 Å². The van der Waals surface area contributed by atoms with E-state index in [1.165, 1.54) is 0 Å². The molecule has 14 heavy (non-hydrogen) atoms. The van der Waals surface area contributed by atoms with Gasteiger partial charge in [-0.1, -0.05) is 0 Å². The fraction of sp³-hybridized carbons (Fsp3) is 0.364. The van der Waals surface area contributed by atoms with Gasteiger partial charge in [0.25, 0.3) is 0 Å². The molecule has 0 radical (unpaired) electrons. The van der Waals surface area contributed by atoms with E-state index in [1.807, 2.05) is 19.9 Å². The Balaban J connectivity index is 2.96. The highest BCUT2D eigenvalue weighted by molar-refractivity contribution is 8.00. The Bertz CT molecular complexity index is 334. The van der Waals surface area contributed by atoms with E-state index in [4.69, 9.17) is 4.74 Å². The SMILES string of the molecule is COc1cc(C)c(SCC=O)cc1C. The first-order valence-electron chi connectivity index (χ1n) is 4.40. The van der Waals surface area contributed by atoms with Gasteiger partial charge in [-0.25, -0.2) is 0 Å². The Labute approximate surface area is 88.7 Å². The number of methoxy groups -OCH3 is 1. The number of hydrogen-bond donors (Lipinski definition) is 0. The Morgan fingerprint density at radius 3 is 2.64 bits per heavy atom. The van der Waals surface area contributed by atoms with Gasteiger partial charge in [0.05, 0.1) is 12.9 Å². The van der Waals surface area contributed by atoms with Crippen molar-refractivity contribution in [3.05, 3.63) is 23.3 Å². The number of ether oxygens (including phenoxy) is 1. The molecule has 0 aliphatic carbocycles. The Morgan fingerprint density at radius 2 is 2.07 bits per heavy atom. The molecule has 0 aliphatic heterocycles. The monoisotopic (exact) mass is 210 g/mol. The van der Waals surface area contributed by atoms with E-state index in [1.54, 1.807) is 18.9 Å². The normalized spacial score (nSPS) is 9.93. The first-order valence-corrected chi connectivity index (χ1v) is 5.39. The Morgan fingerprint density at radius 1 is 1.36 bits per heavy atom.